The fourth-order valence-electron chi connectivity index (χ4n) is 3.87. The lowest BCUT2D eigenvalue weighted by Crippen LogP contribution is -2.56. The second-order valence-electron chi connectivity index (χ2n) is 7.59. The van der Waals surface area contributed by atoms with Crippen LogP contribution in [0.3, 0.4) is 0 Å². The summed E-state index contributed by atoms with van der Waals surface area (Å²) in [4.78, 5) is 29.3. The number of hydrogen-bond acceptors (Lipinski definition) is 6. The summed E-state index contributed by atoms with van der Waals surface area (Å²) in [6.45, 7) is 8.64. The number of hydrogen-bond donors (Lipinski definition) is 2. The third-order valence-corrected chi connectivity index (χ3v) is 5.52. The van der Waals surface area contributed by atoms with Crippen molar-refractivity contribution in [2.24, 2.45) is 0 Å². The van der Waals surface area contributed by atoms with Crippen LogP contribution >= 0.6 is 0 Å². The number of rotatable bonds is 8. The van der Waals surface area contributed by atoms with Crippen LogP contribution in [0.25, 0.3) is 0 Å². The summed E-state index contributed by atoms with van der Waals surface area (Å²) in [7, 11) is 1.66. The highest BCUT2D eigenvalue weighted by molar-refractivity contribution is 5.88. The van der Waals surface area contributed by atoms with Gasteiger partial charge in [0.25, 0.3) is 0 Å². The minimum Gasteiger partial charge on any atom is -0.496 e. The second-order valence-corrected chi connectivity index (χ2v) is 7.59. The van der Waals surface area contributed by atoms with E-state index in [1.807, 2.05) is 19.1 Å². The highest BCUT2D eigenvalue weighted by Crippen LogP contribution is 2.21. The molecule has 29 heavy (non-hydrogen) atoms. The van der Waals surface area contributed by atoms with E-state index in [0.717, 1.165) is 56.3 Å². The predicted octanol–water partition coefficient (Wildman–Crippen LogP) is 0.143. The average Bonchev–Trinajstić information content (AvgIpc) is 2.71. The van der Waals surface area contributed by atoms with Gasteiger partial charge in [-0.3, -0.25) is 19.4 Å². The van der Waals surface area contributed by atoms with Crippen LogP contribution in [0.1, 0.15) is 17.5 Å². The van der Waals surface area contributed by atoms with Crippen LogP contribution in [0.2, 0.25) is 0 Å². The van der Waals surface area contributed by atoms with E-state index in [0.29, 0.717) is 19.6 Å². The van der Waals surface area contributed by atoms with Gasteiger partial charge in [0.05, 0.1) is 32.8 Å². The normalized spacial score (nSPS) is 20.9. The Morgan fingerprint density at radius 3 is 2.83 bits per heavy atom. The number of ether oxygens (including phenoxy) is 2. The van der Waals surface area contributed by atoms with E-state index < -0.39 is 6.04 Å². The standard InChI is InChI=1S/C21H32N4O4/c1-16-13-17(3-4-19(16)28-2)15-25-8-6-23-21(27)18(25)14-20(26)22-5-7-24-9-11-29-12-10-24/h3-4,13,18H,5-12,14-15H2,1-2H3,(H,22,26)(H,23,27). The summed E-state index contributed by atoms with van der Waals surface area (Å²) in [5.74, 6) is 0.683. The highest BCUT2D eigenvalue weighted by Gasteiger charge is 2.31. The number of piperazine rings is 1. The molecule has 2 heterocycles. The lowest BCUT2D eigenvalue weighted by Gasteiger charge is -2.35. The molecule has 2 N–H and O–H groups in total. The average molecular weight is 405 g/mol. The molecule has 2 fully saturated rings. The molecule has 0 spiro atoms. The van der Waals surface area contributed by atoms with Crippen LogP contribution in [0, 0.1) is 6.92 Å². The van der Waals surface area contributed by atoms with Crippen molar-refractivity contribution < 1.29 is 19.1 Å². The predicted molar refractivity (Wildman–Crippen MR) is 110 cm³/mol. The van der Waals surface area contributed by atoms with Gasteiger partial charge in [-0.05, 0) is 24.1 Å². The van der Waals surface area contributed by atoms with Crippen molar-refractivity contribution in [3.05, 3.63) is 29.3 Å². The Morgan fingerprint density at radius 1 is 1.31 bits per heavy atom. The number of benzene rings is 1. The van der Waals surface area contributed by atoms with Gasteiger partial charge in [-0.1, -0.05) is 12.1 Å². The van der Waals surface area contributed by atoms with Crippen molar-refractivity contribution in [3.63, 3.8) is 0 Å². The van der Waals surface area contributed by atoms with Crippen LogP contribution in [0.15, 0.2) is 18.2 Å². The summed E-state index contributed by atoms with van der Waals surface area (Å²) in [5.41, 5.74) is 2.17. The van der Waals surface area contributed by atoms with Crippen LogP contribution in [0.5, 0.6) is 5.75 Å². The Bertz CT molecular complexity index is 706. The van der Waals surface area contributed by atoms with Crippen molar-refractivity contribution in [2.45, 2.75) is 25.9 Å². The number of carbonyl (C=O) groups excluding carboxylic acids is 2. The number of methoxy groups -OCH3 is 1. The van der Waals surface area contributed by atoms with Crippen molar-refractivity contribution in [1.29, 1.82) is 0 Å². The van der Waals surface area contributed by atoms with Crippen LogP contribution in [-0.2, 0) is 20.9 Å². The fourth-order valence-corrected chi connectivity index (χ4v) is 3.87. The lowest BCUT2D eigenvalue weighted by atomic mass is 10.1. The molecular weight excluding hydrogens is 372 g/mol. The molecule has 1 unspecified atom stereocenters. The number of amides is 2. The third kappa shape index (κ3) is 6.16. The van der Waals surface area contributed by atoms with Gasteiger partial charge in [-0.25, -0.2) is 0 Å². The molecule has 2 saturated heterocycles. The van der Waals surface area contributed by atoms with E-state index in [2.05, 4.69) is 26.5 Å². The Hall–Kier alpha value is -2.16. The summed E-state index contributed by atoms with van der Waals surface area (Å²) in [5, 5.41) is 5.85. The first-order chi connectivity index (χ1) is 14.1. The Labute approximate surface area is 172 Å². The summed E-state index contributed by atoms with van der Waals surface area (Å²) in [6, 6.07) is 5.58. The van der Waals surface area contributed by atoms with E-state index in [1.165, 1.54) is 0 Å². The number of morpholine rings is 1. The van der Waals surface area contributed by atoms with E-state index in [9.17, 15) is 9.59 Å². The molecular formula is C21H32N4O4. The first-order valence-electron chi connectivity index (χ1n) is 10.3. The SMILES string of the molecule is COc1ccc(CN2CCNC(=O)C2CC(=O)NCCN2CCOCC2)cc1C. The number of nitrogens with zero attached hydrogens (tertiary/aromatic N) is 2. The molecule has 2 aliphatic rings. The first kappa shape index (κ1) is 21.5. The number of carbonyl (C=O) groups is 2. The third-order valence-electron chi connectivity index (χ3n) is 5.52. The van der Waals surface area contributed by atoms with Crippen molar-refractivity contribution >= 4 is 11.8 Å². The largest absolute Gasteiger partial charge is 0.496 e. The van der Waals surface area contributed by atoms with Gasteiger partial charge in [0.1, 0.15) is 5.75 Å². The first-order valence-corrected chi connectivity index (χ1v) is 10.3. The minimum atomic E-state index is -0.449. The van der Waals surface area contributed by atoms with Gasteiger partial charge < -0.3 is 20.1 Å². The van der Waals surface area contributed by atoms with Gasteiger partial charge in [-0.2, -0.15) is 0 Å². The molecule has 2 amide bonds. The van der Waals surface area contributed by atoms with Crippen LogP contribution in [-0.4, -0.2) is 87.2 Å². The minimum absolute atomic E-state index is 0.0789. The molecule has 8 nitrogen and oxygen atoms in total. The van der Waals surface area contributed by atoms with E-state index >= 15 is 0 Å². The molecule has 1 atom stereocenters. The molecule has 0 aliphatic carbocycles. The van der Waals surface area contributed by atoms with Crippen LogP contribution < -0.4 is 15.4 Å². The molecule has 8 heteroatoms. The summed E-state index contributed by atoms with van der Waals surface area (Å²) >= 11 is 0. The number of nitrogens with one attached hydrogen (secondary N) is 2. The van der Waals surface area contributed by atoms with Gasteiger partial charge >= 0.3 is 0 Å². The van der Waals surface area contributed by atoms with Crippen molar-refractivity contribution in [1.82, 2.24) is 20.4 Å². The van der Waals surface area contributed by atoms with Gasteiger partial charge in [0, 0.05) is 45.8 Å². The smallest absolute Gasteiger partial charge is 0.237 e. The van der Waals surface area contributed by atoms with Gasteiger partial charge in [-0.15, -0.1) is 0 Å². The van der Waals surface area contributed by atoms with Gasteiger partial charge in [0.2, 0.25) is 11.8 Å². The molecule has 160 valence electrons. The molecule has 0 bridgehead atoms. The maximum atomic E-state index is 12.5. The fraction of sp³-hybridized carbons (Fsp3) is 0.619. The quantitative estimate of drug-likeness (QED) is 0.642. The zero-order valence-electron chi connectivity index (χ0n) is 17.4. The number of aryl methyl sites for hydroxylation is 1. The Morgan fingerprint density at radius 2 is 2.10 bits per heavy atom. The van der Waals surface area contributed by atoms with E-state index in [1.54, 1.807) is 7.11 Å². The Kier molecular flexibility index (Phi) is 7.85. The lowest BCUT2D eigenvalue weighted by molar-refractivity contribution is -0.134. The van der Waals surface area contributed by atoms with E-state index in [4.69, 9.17) is 9.47 Å². The maximum Gasteiger partial charge on any atom is 0.237 e. The van der Waals surface area contributed by atoms with Crippen molar-refractivity contribution in [3.8, 4) is 5.75 Å². The molecule has 0 radical (unpaired) electrons. The molecule has 1 aromatic carbocycles. The topological polar surface area (TPSA) is 83.1 Å². The zero-order chi connectivity index (χ0) is 20.6. The molecule has 0 saturated carbocycles. The van der Waals surface area contributed by atoms with Crippen LogP contribution in [0.4, 0.5) is 0 Å². The van der Waals surface area contributed by atoms with Crippen molar-refractivity contribution in [2.75, 3.05) is 59.6 Å². The zero-order valence-corrected chi connectivity index (χ0v) is 17.4. The van der Waals surface area contributed by atoms with Gasteiger partial charge in [0.15, 0.2) is 0 Å². The summed E-state index contributed by atoms with van der Waals surface area (Å²) in [6.07, 6.45) is 0.171. The monoisotopic (exact) mass is 404 g/mol. The highest BCUT2D eigenvalue weighted by atomic mass is 16.5. The Balaban J connectivity index is 1.52. The molecule has 3 rings (SSSR count). The second kappa shape index (κ2) is 10.6. The molecule has 1 aromatic rings. The molecule has 0 aromatic heterocycles. The maximum absolute atomic E-state index is 12.5. The molecule has 2 aliphatic heterocycles. The van der Waals surface area contributed by atoms with E-state index in [-0.39, 0.29) is 18.2 Å². The summed E-state index contributed by atoms with van der Waals surface area (Å²) < 4.78 is 10.7.